The first kappa shape index (κ1) is 23.0. The monoisotopic (exact) mass is 505 g/mol. The van der Waals surface area contributed by atoms with Gasteiger partial charge in [-0.25, -0.2) is 19.9 Å². The summed E-state index contributed by atoms with van der Waals surface area (Å²) in [5.41, 5.74) is 6.09. The molecule has 1 saturated carbocycles. The lowest BCUT2D eigenvalue weighted by molar-refractivity contribution is 0.442. The van der Waals surface area contributed by atoms with E-state index >= 15 is 0 Å². The van der Waals surface area contributed by atoms with Crippen molar-refractivity contribution in [3.05, 3.63) is 60.8 Å². The topological polar surface area (TPSA) is 96.7 Å². The molecule has 5 aromatic rings. The lowest BCUT2D eigenvalue weighted by Gasteiger charge is -2.33. The van der Waals surface area contributed by atoms with Gasteiger partial charge >= 0.3 is 0 Å². The number of hydrogen-bond donors (Lipinski definition) is 2. The van der Waals surface area contributed by atoms with Crippen LogP contribution in [-0.4, -0.2) is 55.7 Å². The summed E-state index contributed by atoms with van der Waals surface area (Å²) in [7, 11) is 4.18. The predicted octanol–water partition coefficient (Wildman–Crippen LogP) is 4.78. The molecule has 0 amide bonds. The number of nitrogens with one attached hydrogen (secondary N) is 2. The van der Waals surface area contributed by atoms with Crippen molar-refractivity contribution < 1.29 is 0 Å². The number of aromatic nitrogens is 6. The maximum absolute atomic E-state index is 5.21. The van der Waals surface area contributed by atoms with Gasteiger partial charge in [-0.2, -0.15) is 0 Å². The summed E-state index contributed by atoms with van der Waals surface area (Å²) >= 11 is 0. The Morgan fingerprint density at radius 2 is 1.84 bits per heavy atom. The summed E-state index contributed by atoms with van der Waals surface area (Å²) < 4.78 is 2.01. The molecule has 38 heavy (non-hydrogen) atoms. The van der Waals surface area contributed by atoms with Crippen LogP contribution in [0, 0.1) is 0 Å². The van der Waals surface area contributed by atoms with Crippen LogP contribution in [0.3, 0.4) is 0 Å². The predicted molar refractivity (Wildman–Crippen MR) is 151 cm³/mol. The first-order valence-electron chi connectivity index (χ1n) is 13.4. The van der Waals surface area contributed by atoms with Crippen molar-refractivity contribution >= 4 is 39.3 Å². The summed E-state index contributed by atoms with van der Waals surface area (Å²) in [6, 6.07) is 10.6. The molecule has 9 nitrogen and oxygen atoms in total. The van der Waals surface area contributed by atoms with Crippen LogP contribution in [0.25, 0.3) is 33.3 Å². The van der Waals surface area contributed by atoms with Crippen LogP contribution >= 0.6 is 0 Å². The Morgan fingerprint density at radius 3 is 2.68 bits per heavy atom. The molecule has 0 atom stereocenters. The van der Waals surface area contributed by atoms with Gasteiger partial charge in [0.15, 0.2) is 5.82 Å². The Balaban J connectivity index is 1.29. The fourth-order valence-corrected chi connectivity index (χ4v) is 5.53. The number of anilines is 3. The van der Waals surface area contributed by atoms with Gasteiger partial charge in [-0.15, -0.1) is 0 Å². The molecule has 192 valence electrons. The minimum Gasteiger partial charge on any atom is -0.356 e. The van der Waals surface area contributed by atoms with E-state index in [0.717, 1.165) is 70.8 Å². The van der Waals surface area contributed by atoms with Gasteiger partial charge in [-0.3, -0.25) is 4.98 Å². The van der Waals surface area contributed by atoms with Gasteiger partial charge in [-0.1, -0.05) is 0 Å². The highest BCUT2D eigenvalue weighted by atomic mass is 15.2. The number of nitrogens with zero attached hydrogens (tertiary/aromatic N) is 7. The normalized spacial score (nSPS) is 16.3. The molecule has 1 aromatic carbocycles. The molecule has 9 heteroatoms. The largest absolute Gasteiger partial charge is 0.356 e. The second kappa shape index (κ2) is 9.33. The van der Waals surface area contributed by atoms with Crippen LogP contribution < -0.4 is 15.5 Å². The highest BCUT2D eigenvalue weighted by Crippen LogP contribution is 2.45. The van der Waals surface area contributed by atoms with E-state index in [1.54, 1.807) is 0 Å². The maximum Gasteiger partial charge on any atom is 0.162 e. The summed E-state index contributed by atoms with van der Waals surface area (Å²) in [6.45, 7) is 2.07. The highest BCUT2D eigenvalue weighted by Gasteiger charge is 2.30. The second-order valence-corrected chi connectivity index (χ2v) is 10.5. The van der Waals surface area contributed by atoms with Crippen molar-refractivity contribution in [2.24, 2.45) is 7.05 Å². The zero-order valence-electron chi connectivity index (χ0n) is 21.7. The van der Waals surface area contributed by atoms with Crippen LogP contribution in [0.2, 0.25) is 0 Å². The van der Waals surface area contributed by atoms with Crippen LogP contribution in [0.15, 0.2) is 55.2 Å². The number of hydrogen-bond acceptors (Lipinski definition) is 8. The van der Waals surface area contributed by atoms with E-state index in [9.17, 15) is 0 Å². The molecular weight excluding hydrogens is 474 g/mol. The van der Waals surface area contributed by atoms with Crippen LogP contribution in [-0.2, 0) is 7.05 Å². The molecule has 0 bridgehead atoms. The lowest BCUT2D eigenvalue weighted by atomic mass is 10.0. The van der Waals surface area contributed by atoms with Crippen molar-refractivity contribution in [1.82, 2.24) is 34.8 Å². The van der Waals surface area contributed by atoms with Gasteiger partial charge in [-0.05, 0) is 80.6 Å². The van der Waals surface area contributed by atoms with E-state index in [0.29, 0.717) is 17.8 Å². The van der Waals surface area contributed by atoms with Crippen molar-refractivity contribution in [3.63, 3.8) is 0 Å². The molecule has 7 rings (SSSR count). The molecule has 0 spiro atoms. The molecule has 2 N–H and O–H groups in total. The standard InChI is InChI=1S/C29H31N9/c1-37-17-33-23-6-5-20(14-25(23)37)34-26-13-19(7-12-32-26)28-35-24-16-31-15-22(18-3-4-18)27(24)29(36-28)38(2)21-8-10-30-11-9-21/h5-7,12-18,21,30H,3-4,8-11H2,1-2H3,(H,32,34). The summed E-state index contributed by atoms with van der Waals surface area (Å²) in [6.07, 6.45) is 12.2. The number of imidazole rings is 1. The van der Waals surface area contributed by atoms with E-state index < -0.39 is 0 Å². The first-order chi connectivity index (χ1) is 18.6. The zero-order valence-corrected chi connectivity index (χ0v) is 21.7. The fourth-order valence-electron chi connectivity index (χ4n) is 5.53. The zero-order chi connectivity index (χ0) is 25.6. The SMILES string of the molecule is CN(c1nc(-c2ccnc(Nc3ccc4ncn(C)c4c3)c2)nc2cncc(C3CC3)c12)C1CCNCC1. The van der Waals surface area contributed by atoms with Crippen LogP contribution in [0.4, 0.5) is 17.3 Å². The Labute approximate surface area is 221 Å². The molecule has 0 radical (unpaired) electrons. The Bertz CT molecular complexity index is 1630. The average Bonchev–Trinajstić information content (AvgIpc) is 3.75. The van der Waals surface area contributed by atoms with Crippen molar-refractivity contribution in [1.29, 1.82) is 0 Å². The maximum atomic E-state index is 5.21. The van der Waals surface area contributed by atoms with Gasteiger partial charge in [0, 0.05) is 49.2 Å². The second-order valence-electron chi connectivity index (χ2n) is 10.5. The quantitative estimate of drug-likeness (QED) is 0.340. The van der Waals surface area contributed by atoms with E-state index in [1.165, 1.54) is 18.4 Å². The Kier molecular flexibility index (Phi) is 5.65. The summed E-state index contributed by atoms with van der Waals surface area (Å²) in [5.74, 6) is 3.00. The number of fused-ring (bicyclic) bond motifs is 2. The van der Waals surface area contributed by atoms with Gasteiger partial charge in [0.25, 0.3) is 0 Å². The summed E-state index contributed by atoms with van der Waals surface area (Å²) in [4.78, 5) is 26.2. The third-order valence-corrected chi connectivity index (χ3v) is 7.84. The van der Waals surface area contributed by atoms with Crippen LogP contribution in [0.1, 0.15) is 37.2 Å². The Morgan fingerprint density at radius 1 is 0.974 bits per heavy atom. The first-order valence-corrected chi connectivity index (χ1v) is 13.4. The van der Waals surface area contributed by atoms with Crippen molar-refractivity contribution in [2.75, 3.05) is 30.4 Å². The van der Waals surface area contributed by atoms with Crippen LogP contribution in [0.5, 0.6) is 0 Å². The molecule has 4 aromatic heterocycles. The molecule has 1 aliphatic carbocycles. The minimum atomic E-state index is 0.444. The van der Waals surface area contributed by atoms with E-state index in [1.807, 2.05) is 60.8 Å². The number of pyridine rings is 2. The van der Waals surface area contributed by atoms with Gasteiger partial charge < -0.3 is 20.1 Å². The number of aryl methyl sites for hydroxylation is 1. The average molecular weight is 506 g/mol. The third kappa shape index (κ3) is 4.22. The molecule has 1 aliphatic heterocycles. The van der Waals surface area contributed by atoms with Gasteiger partial charge in [0.2, 0.25) is 0 Å². The number of benzene rings is 1. The minimum absolute atomic E-state index is 0.444. The van der Waals surface area contributed by atoms with Gasteiger partial charge in [0.05, 0.1) is 29.1 Å². The molecule has 2 fully saturated rings. The van der Waals surface area contributed by atoms with E-state index in [4.69, 9.17) is 9.97 Å². The molecule has 1 saturated heterocycles. The van der Waals surface area contributed by atoms with E-state index in [-0.39, 0.29) is 0 Å². The van der Waals surface area contributed by atoms with Crippen molar-refractivity contribution in [2.45, 2.75) is 37.6 Å². The molecule has 5 heterocycles. The number of piperidine rings is 1. The summed E-state index contributed by atoms with van der Waals surface area (Å²) in [5, 5.41) is 8.09. The number of rotatable bonds is 6. The Hall–Kier alpha value is -4.11. The fraction of sp³-hybridized carbons (Fsp3) is 0.345. The van der Waals surface area contributed by atoms with Gasteiger partial charge in [0.1, 0.15) is 11.6 Å². The van der Waals surface area contributed by atoms with Crippen molar-refractivity contribution in [3.8, 4) is 11.4 Å². The molecule has 2 aliphatic rings. The molecular formula is C29H31N9. The highest BCUT2D eigenvalue weighted by molar-refractivity contribution is 5.94. The van der Waals surface area contributed by atoms with E-state index in [2.05, 4.69) is 43.6 Å². The third-order valence-electron chi connectivity index (χ3n) is 7.84. The lowest BCUT2D eigenvalue weighted by Crippen LogP contribution is -2.41. The molecule has 0 unspecified atom stereocenters. The smallest absolute Gasteiger partial charge is 0.162 e.